The number of aromatic carboxylic acids is 1. The summed E-state index contributed by atoms with van der Waals surface area (Å²) in [4.78, 5) is 56.4. The summed E-state index contributed by atoms with van der Waals surface area (Å²) in [5.74, 6) is -1.56. The van der Waals surface area contributed by atoms with Crippen LogP contribution in [0.3, 0.4) is 0 Å². The van der Waals surface area contributed by atoms with E-state index in [2.05, 4.69) is 10.3 Å². The van der Waals surface area contributed by atoms with Crippen molar-refractivity contribution in [2.24, 2.45) is 17.8 Å². The van der Waals surface area contributed by atoms with Crippen LogP contribution in [0.2, 0.25) is 0 Å². The number of carboxylic acid groups (broad SMARTS) is 1. The fourth-order valence-corrected chi connectivity index (χ4v) is 6.00. The van der Waals surface area contributed by atoms with E-state index >= 15 is 0 Å². The molecule has 0 radical (unpaired) electrons. The van der Waals surface area contributed by atoms with Crippen molar-refractivity contribution in [2.75, 3.05) is 13.6 Å². The third kappa shape index (κ3) is 8.20. The van der Waals surface area contributed by atoms with E-state index < -0.39 is 11.9 Å². The number of aromatic nitrogens is 1. The van der Waals surface area contributed by atoms with Gasteiger partial charge < -0.3 is 20.1 Å². The first kappa shape index (κ1) is 30.1. The minimum Gasteiger partial charge on any atom is -0.476 e. The van der Waals surface area contributed by atoms with Crippen molar-refractivity contribution in [3.63, 3.8) is 0 Å². The minimum absolute atomic E-state index is 0.00776. The van der Waals surface area contributed by atoms with Crippen molar-refractivity contribution >= 4 is 34.8 Å². The number of thiazole rings is 1. The smallest absolute Gasteiger partial charge is 0.355 e. The van der Waals surface area contributed by atoms with Gasteiger partial charge in [-0.15, -0.1) is 11.3 Å². The van der Waals surface area contributed by atoms with E-state index in [1.165, 1.54) is 23.6 Å². The van der Waals surface area contributed by atoms with E-state index in [4.69, 9.17) is 0 Å². The maximum Gasteiger partial charge on any atom is 0.355 e. The molecule has 0 aromatic carbocycles. The molecular weight excluding hydrogens is 478 g/mol. The van der Waals surface area contributed by atoms with Crippen LogP contribution in [0.5, 0.6) is 0 Å². The molecule has 1 aromatic rings. The van der Waals surface area contributed by atoms with Gasteiger partial charge in [0, 0.05) is 43.1 Å². The van der Waals surface area contributed by atoms with Gasteiger partial charge in [-0.05, 0) is 44.6 Å². The molecule has 2 heterocycles. The molecule has 1 aromatic heterocycles. The topological polar surface area (TPSA) is 117 Å². The highest BCUT2D eigenvalue weighted by molar-refractivity contribution is 7.09. The fraction of sp³-hybridized carbons (Fsp3) is 0.741. The number of carbonyl (C=O) groups is 4. The van der Waals surface area contributed by atoms with E-state index in [0.717, 1.165) is 32.2 Å². The largest absolute Gasteiger partial charge is 0.476 e. The number of rotatable bonds is 14. The van der Waals surface area contributed by atoms with Gasteiger partial charge in [0.05, 0.1) is 11.0 Å². The number of hydrogen-bond donors (Lipinski definition) is 2. The molecule has 0 saturated carbocycles. The Labute approximate surface area is 219 Å². The molecule has 2 rings (SSSR count). The minimum atomic E-state index is -1.10. The molecular formula is C27H43N3O5S. The average Bonchev–Trinajstić information content (AvgIpc) is 3.34. The molecule has 2 N–H and O–H groups in total. The van der Waals surface area contributed by atoms with E-state index in [9.17, 15) is 24.3 Å². The quantitative estimate of drug-likeness (QED) is 0.369. The van der Waals surface area contributed by atoms with Crippen LogP contribution >= 0.6 is 11.3 Å². The van der Waals surface area contributed by atoms with E-state index in [1.807, 2.05) is 27.7 Å². The molecule has 1 aliphatic heterocycles. The van der Waals surface area contributed by atoms with Crippen LogP contribution in [-0.2, 0) is 14.4 Å². The first-order valence-corrected chi connectivity index (χ1v) is 14.0. The maximum atomic E-state index is 13.8. The summed E-state index contributed by atoms with van der Waals surface area (Å²) in [6.07, 6.45) is 4.68. The van der Waals surface area contributed by atoms with Crippen molar-refractivity contribution < 1.29 is 24.3 Å². The molecule has 202 valence electrons. The van der Waals surface area contributed by atoms with Gasteiger partial charge in [-0.3, -0.25) is 9.59 Å². The molecule has 5 atom stereocenters. The summed E-state index contributed by atoms with van der Waals surface area (Å²) in [6, 6.07) is -0.355. The van der Waals surface area contributed by atoms with Crippen LogP contribution in [0.15, 0.2) is 5.38 Å². The summed E-state index contributed by atoms with van der Waals surface area (Å²) in [5, 5.41) is 14.7. The number of ketones is 2. The molecule has 1 aliphatic rings. The van der Waals surface area contributed by atoms with Crippen molar-refractivity contribution in [3.8, 4) is 0 Å². The number of hydrogen-bond acceptors (Lipinski definition) is 7. The van der Waals surface area contributed by atoms with Gasteiger partial charge in [0.2, 0.25) is 5.91 Å². The Hall–Kier alpha value is -2.13. The standard InChI is InChI=1S/C27H43N3O5S/c1-7-17(4)20(14-24(32)21-10-8-9-11-28-21)26(33)30(6)23(16(2)3)13-19(12-18(5)31)25-29-22(15-36-25)27(34)35/h15-17,19-21,23,28H,7-14H2,1-6H3,(H,34,35)/t17-,19+,20-,21+,23+/m0/s1. The van der Waals surface area contributed by atoms with Gasteiger partial charge in [-0.2, -0.15) is 0 Å². The Balaban J connectivity index is 2.25. The Kier molecular flexibility index (Phi) is 11.7. The second-order valence-electron chi connectivity index (χ2n) is 10.6. The zero-order chi connectivity index (χ0) is 27.0. The summed E-state index contributed by atoms with van der Waals surface area (Å²) < 4.78 is 0. The van der Waals surface area contributed by atoms with Crippen molar-refractivity contribution in [1.82, 2.24) is 15.2 Å². The van der Waals surface area contributed by atoms with Gasteiger partial charge >= 0.3 is 5.97 Å². The van der Waals surface area contributed by atoms with Gasteiger partial charge in [-0.25, -0.2) is 9.78 Å². The Morgan fingerprint density at radius 3 is 2.39 bits per heavy atom. The predicted octanol–water partition coefficient (Wildman–Crippen LogP) is 4.54. The van der Waals surface area contributed by atoms with Crippen LogP contribution in [0.1, 0.15) is 101 Å². The normalized spacial score (nSPS) is 19.4. The lowest BCUT2D eigenvalue weighted by Gasteiger charge is -2.37. The van der Waals surface area contributed by atoms with Gasteiger partial charge in [0.15, 0.2) is 11.5 Å². The first-order valence-electron chi connectivity index (χ1n) is 13.2. The number of amides is 1. The highest BCUT2D eigenvalue weighted by atomic mass is 32.1. The number of nitrogens with one attached hydrogen (secondary N) is 1. The third-order valence-corrected chi connectivity index (χ3v) is 8.54. The number of carboxylic acids is 1. The summed E-state index contributed by atoms with van der Waals surface area (Å²) in [7, 11) is 1.79. The molecule has 1 amide bonds. The van der Waals surface area contributed by atoms with Crippen LogP contribution in [0.25, 0.3) is 0 Å². The Morgan fingerprint density at radius 1 is 1.19 bits per heavy atom. The number of carbonyl (C=O) groups excluding carboxylic acids is 3. The zero-order valence-corrected chi connectivity index (χ0v) is 23.4. The Morgan fingerprint density at radius 2 is 1.89 bits per heavy atom. The average molecular weight is 522 g/mol. The summed E-state index contributed by atoms with van der Waals surface area (Å²) in [6.45, 7) is 10.5. The molecule has 1 fully saturated rings. The number of nitrogens with zero attached hydrogens (tertiary/aromatic N) is 2. The highest BCUT2D eigenvalue weighted by Gasteiger charge is 2.36. The van der Waals surface area contributed by atoms with Gasteiger partial charge in [0.25, 0.3) is 0 Å². The highest BCUT2D eigenvalue weighted by Crippen LogP contribution is 2.33. The third-order valence-electron chi connectivity index (χ3n) is 7.53. The molecule has 8 nitrogen and oxygen atoms in total. The fourth-order valence-electron chi connectivity index (χ4n) is 5.09. The molecule has 0 aliphatic carbocycles. The molecule has 1 saturated heterocycles. The maximum absolute atomic E-state index is 13.8. The van der Waals surface area contributed by atoms with Crippen LogP contribution in [-0.4, -0.2) is 64.1 Å². The van der Waals surface area contributed by atoms with Gasteiger partial charge in [-0.1, -0.05) is 40.5 Å². The van der Waals surface area contributed by atoms with Gasteiger partial charge in [0.1, 0.15) is 5.78 Å². The van der Waals surface area contributed by atoms with E-state index in [-0.39, 0.29) is 65.8 Å². The predicted molar refractivity (Wildman–Crippen MR) is 141 cm³/mol. The lowest BCUT2D eigenvalue weighted by molar-refractivity contribution is -0.142. The zero-order valence-electron chi connectivity index (χ0n) is 22.6. The monoisotopic (exact) mass is 521 g/mol. The number of piperidine rings is 1. The summed E-state index contributed by atoms with van der Waals surface area (Å²) >= 11 is 1.24. The molecule has 0 bridgehead atoms. The molecule has 0 unspecified atom stereocenters. The van der Waals surface area contributed by atoms with Crippen LogP contribution in [0, 0.1) is 17.8 Å². The lowest BCUT2D eigenvalue weighted by Crippen LogP contribution is -2.47. The first-order chi connectivity index (χ1) is 17.0. The van der Waals surface area contributed by atoms with Crippen molar-refractivity contribution in [2.45, 2.75) is 97.6 Å². The van der Waals surface area contributed by atoms with Crippen molar-refractivity contribution in [3.05, 3.63) is 16.1 Å². The second kappa shape index (κ2) is 14.0. The lowest BCUT2D eigenvalue weighted by atomic mass is 9.82. The van der Waals surface area contributed by atoms with Crippen LogP contribution < -0.4 is 5.32 Å². The van der Waals surface area contributed by atoms with Crippen molar-refractivity contribution in [1.29, 1.82) is 0 Å². The molecule has 36 heavy (non-hydrogen) atoms. The second-order valence-corrected chi connectivity index (χ2v) is 11.5. The Bertz CT molecular complexity index is 909. The van der Waals surface area contributed by atoms with Crippen LogP contribution in [0.4, 0.5) is 0 Å². The number of Topliss-reactive ketones (excluding diaryl/α,β-unsaturated/α-hetero) is 2. The summed E-state index contributed by atoms with van der Waals surface area (Å²) in [5.41, 5.74) is -0.0271. The molecule has 9 heteroatoms. The van der Waals surface area contributed by atoms with E-state index in [0.29, 0.717) is 11.4 Å². The molecule has 0 spiro atoms. The SMILES string of the molecule is CC[C@H](C)[C@H](CC(=O)[C@H]1CCCCN1)C(=O)N(C)[C@H](C[C@@H](CC(C)=O)c1nc(C(=O)O)cs1)C(C)C. The van der Waals surface area contributed by atoms with E-state index in [1.54, 1.807) is 11.9 Å².